The van der Waals surface area contributed by atoms with Gasteiger partial charge in [0, 0.05) is 43.3 Å². The minimum atomic E-state index is 0.322. The molecule has 1 fully saturated rings. The van der Waals surface area contributed by atoms with E-state index >= 15 is 0 Å². The van der Waals surface area contributed by atoms with Gasteiger partial charge in [-0.3, -0.25) is 4.79 Å². The van der Waals surface area contributed by atoms with Gasteiger partial charge in [-0.2, -0.15) is 0 Å². The lowest BCUT2D eigenvalue weighted by Crippen LogP contribution is -2.48. The number of hydrogen-bond acceptors (Lipinski definition) is 2. The van der Waals surface area contributed by atoms with Gasteiger partial charge < -0.3 is 9.80 Å². The predicted molar refractivity (Wildman–Crippen MR) is 93.6 cm³/mol. The van der Waals surface area contributed by atoms with E-state index in [0.29, 0.717) is 12.3 Å². The fourth-order valence-electron chi connectivity index (χ4n) is 2.92. The Hall–Kier alpha value is -1.22. The molecule has 0 N–H and O–H groups in total. The van der Waals surface area contributed by atoms with Crippen molar-refractivity contribution in [2.45, 2.75) is 45.4 Å². The fraction of sp³-hybridized carbons (Fsp3) is 0.611. The molecular formula is C18H27ClN2O. The van der Waals surface area contributed by atoms with Crippen molar-refractivity contribution in [3.8, 4) is 0 Å². The first-order valence-electron chi connectivity index (χ1n) is 8.49. The highest BCUT2D eigenvalue weighted by Crippen LogP contribution is 2.21. The first-order chi connectivity index (χ1) is 10.7. The molecule has 0 atom stereocenters. The molecule has 1 aromatic carbocycles. The largest absolute Gasteiger partial charge is 0.368 e. The van der Waals surface area contributed by atoms with Crippen LogP contribution in [0.3, 0.4) is 0 Å². The monoisotopic (exact) mass is 322 g/mol. The van der Waals surface area contributed by atoms with Crippen molar-refractivity contribution < 1.29 is 4.79 Å². The molecular weight excluding hydrogens is 296 g/mol. The lowest BCUT2D eigenvalue weighted by atomic mass is 10.1. The molecule has 0 aromatic heterocycles. The highest BCUT2D eigenvalue weighted by molar-refractivity contribution is 6.30. The molecule has 0 radical (unpaired) electrons. The van der Waals surface area contributed by atoms with Crippen molar-refractivity contribution in [2.75, 3.05) is 31.1 Å². The zero-order chi connectivity index (χ0) is 15.8. The summed E-state index contributed by atoms with van der Waals surface area (Å²) in [7, 11) is 0. The van der Waals surface area contributed by atoms with Crippen LogP contribution in [0.25, 0.3) is 0 Å². The van der Waals surface area contributed by atoms with Gasteiger partial charge in [-0.1, -0.05) is 50.3 Å². The summed E-state index contributed by atoms with van der Waals surface area (Å²) in [4.78, 5) is 16.5. The van der Waals surface area contributed by atoms with Crippen molar-refractivity contribution in [1.82, 2.24) is 4.90 Å². The minimum absolute atomic E-state index is 0.322. The molecule has 0 saturated carbocycles. The van der Waals surface area contributed by atoms with Crippen LogP contribution in [0.15, 0.2) is 24.3 Å². The first-order valence-corrected chi connectivity index (χ1v) is 8.87. The van der Waals surface area contributed by atoms with E-state index in [1.54, 1.807) is 0 Å². The summed E-state index contributed by atoms with van der Waals surface area (Å²) in [5.41, 5.74) is 1.15. The molecule has 1 aliphatic heterocycles. The second-order valence-electron chi connectivity index (χ2n) is 6.01. The normalized spacial score (nSPS) is 15.2. The van der Waals surface area contributed by atoms with Crippen molar-refractivity contribution >= 4 is 23.2 Å². The number of carbonyl (C=O) groups excluding carboxylic acids is 1. The van der Waals surface area contributed by atoms with Gasteiger partial charge in [0.2, 0.25) is 5.91 Å². The summed E-state index contributed by atoms with van der Waals surface area (Å²) < 4.78 is 0. The summed E-state index contributed by atoms with van der Waals surface area (Å²) in [5, 5.41) is 0.767. The molecule has 0 aliphatic carbocycles. The Morgan fingerprint density at radius 1 is 1.09 bits per heavy atom. The van der Waals surface area contributed by atoms with E-state index in [1.165, 1.54) is 25.7 Å². The molecule has 22 heavy (non-hydrogen) atoms. The van der Waals surface area contributed by atoms with Crippen LogP contribution < -0.4 is 4.90 Å². The van der Waals surface area contributed by atoms with E-state index in [-0.39, 0.29) is 0 Å². The minimum Gasteiger partial charge on any atom is -0.368 e. The standard InChI is InChI=1S/C18H27ClN2O/c1-2-3-4-5-6-10-18(22)21-13-11-20(12-14-21)17-9-7-8-16(19)15-17/h7-9,15H,2-6,10-14H2,1H3. The zero-order valence-electron chi connectivity index (χ0n) is 13.6. The van der Waals surface area contributed by atoms with Crippen LogP contribution >= 0.6 is 11.6 Å². The van der Waals surface area contributed by atoms with E-state index in [1.807, 2.05) is 23.1 Å². The third-order valence-corrected chi connectivity index (χ3v) is 4.54. The Morgan fingerprint density at radius 2 is 1.82 bits per heavy atom. The smallest absolute Gasteiger partial charge is 0.222 e. The van der Waals surface area contributed by atoms with Gasteiger partial charge in [-0.15, -0.1) is 0 Å². The molecule has 122 valence electrons. The van der Waals surface area contributed by atoms with Gasteiger partial charge in [-0.05, 0) is 24.6 Å². The molecule has 1 saturated heterocycles. The lowest BCUT2D eigenvalue weighted by Gasteiger charge is -2.36. The van der Waals surface area contributed by atoms with E-state index in [0.717, 1.165) is 43.3 Å². The van der Waals surface area contributed by atoms with Crippen LogP contribution in [0, 0.1) is 0 Å². The Labute approximate surface area is 139 Å². The Bertz CT molecular complexity index is 470. The van der Waals surface area contributed by atoms with Crippen molar-refractivity contribution in [1.29, 1.82) is 0 Å². The second-order valence-corrected chi connectivity index (χ2v) is 6.45. The van der Waals surface area contributed by atoms with Gasteiger partial charge in [0.15, 0.2) is 0 Å². The number of rotatable bonds is 7. The molecule has 1 amide bonds. The topological polar surface area (TPSA) is 23.6 Å². The van der Waals surface area contributed by atoms with Crippen LogP contribution in [-0.4, -0.2) is 37.0 Å². The molecule has 0 spiro atoms. The van der Waals surface area contributed by atoms with Crippen LogP contribution in [0.2, 0.25) is 5.02 Å². The maximum atomic E-state index is 12.2. The summed E-state index contributed by atoms with van der Waals surface area (Å²) in [5.74, 6) is 0.322. The summed E-state index contributed by atoms with van der Waals surface area (Å²) in [6, 6.07) is 7.94. The zero-order valence-corrected chi connectivity index (χ0v) is 14.3. The van der Waals surface area contributed by atoms with Crippen molar-refractivity contribution in [3.63, 3.8) is 0 Å². The Balaban J connectivity index is 1.71. The average Bonchev–Trinajstić information content (AvgIpc) is 2.54. The number of carbonyl (C=O) groups is 1. The van der Waals surface area contributed by atoms with Gasteiger partial charge in [-0.25, -0.2) is 0 Å². The van der Waals surface area contributed by atoms with E-state index in [4.69, 9.17) is 11.6 Å². The quantitative estimate of drug-likeness (QED) is 0.697. The molecule has 4 heteroatoms. The highest BCUT2D eigenvalue weighted by atomic mass is 35.5. The SMILES string of the molecule is CCCCCCCC(=O)N1CCN(c2cccc(Cl)c2)CC1. The molecule has 1 aliphatic rings. The van der Waals surface area contributed by atoms with Crippen LogP contribution in [-0.2, 0) is 4.79 Å². The third kappa shape index (κ3) is 5.20. The average molecular weight is 323 g/mol. The lowest BCUT2D eigenvalue weighted by molar-refractivity contribution is -0.131. The summed E-state index contributed by atoms with van der Waals surface area (Å²) >= 11 is 6.05. The number of unbranched alkanes of at least 4 members (excludes halogenated alkanes) is 4. The first kappa shape index (κ1) is 17.1. The van der Waals surface area contributed by atoms with E-state index in [2.05, 4.69) is 17.9 Å². The van der Waals surface area contributed by atoms with E-state index < -0.39 is 0 Å². The molecule has 0 bridgehead atoms. The van der Waals surface area contributed by atoms with Crippen molar-refractivity contribution in [2.24, 2.45) is 0 Å². The number of hydrogen-bond donors (Lipinski definition) is 0. The number of halogens is 1. The maximum absolute atomic E-state index is 12.2. The molecule has 3 nitrogen and oxygen atoms in total. The number of nitrogens with zero attached hydrogens (tertiary/aromatic N) is 2. The molecule has 2 rings (SSSR count). The van der Waals surface area contributed by atoms with Crippen LogP contribution in [0.5, 0.6) is 0 Å². The molecule has 1 heterocycles. The van der Waals surface area contributed by atoms with Crippen LogP contribution in [0.1, 0.15) is 45.4 Å². The number of anilines is 1. The van der Waals surface area contributed by atoms with Gasteiger partial charge in [0.05, 0.1) is 0 Å². The summed E-state index contributed by atoms with van der Waals surface area (Å²) in [6.45, 7) is 5.63. The maximum Gasteiger partial charge on any atom is 0.222 e. The predicted octanol–water partition coefficient (Wildman–Crippen LogP) is 4.35. The Kier molecular flexibility index (Phi) is 7.04. The third-order valence-electron chi connectivity index (χ3n) is 4.30. The second kappa shape index (κ2) is 9.04. The highest BCUT2D eigenvalue weighted by Gasteiger charge is 2.20. The van der Waals surface area contributed by atoms with E-state index in [9.17, 15) is 4.79 Å². The number of benzene rings is 1. The van der Waals surface area contributed by atoms with Gasteiger partial charge in [0.25, 0.3) is 0 Å². The Morgan fingerprint density at radius 3 is 2.50 bits per heavy atom. The molecule has 0 unspecified atom stereocenters. The number of amides is 1. The van der Waals surface area contributed by atoms with Gasteiger partial charge >= 0.3 is 0 Å². The van der Waals surface area contributed by atoms with Gasteiger partial charge in [0.1, 0.15) is 0 Å². The van der Waals surface area contributed by atoms with Crippen molar-refractivity contribution in [3.05, 3.63) is 29.3 Å². The fourth-order valence-corrected chi connectivity index (χ4v) is 3.11. The van der Waals surface area contributed by atoms with Crippen LogP contribution in [0.4, 0.5) is 5.69 Å². The molecule has 1 aromatic rings. The summed E-state index contributed by atoms with van der Waals surface area (Å²) in [6.07, 6.45) is 6.72. The number of piperazine rings is 1.